The average Bonchev–Trinajstić information content (AvgIpc) is 2.84. The minimum absolute atomic E-state index is 0.117. The molecule has 1 amide bonds. The van der Waals surface area contributed by atoms with Crippen LogP contribution in [-0.4, -0.2) is 57.4 Å². The van der Waals surface area contributed by atoms with Gasteiger partial charge in [0.05, 0.1) is 15.6 Å². The van der Waals surface area contributed by atoms with Crippen molar-refractivity contribution in [2.24, 2.45) is 0 Å². The van der Waals surface area contributed by atoms with E-state index in [2.05, 4.69) is 9.88 Å². The lowest BCUT2D eigenvalue weighted by atomic mass is 10.2. The zero-order valence-electron chi connectivity index (χ0n) is 17.6. The number of piperazine rings is 1. The molecular formula is C23H23ClN4O3S. The maximum absolute atomic E-state index is 12.9. The van der Waals surface area contributed by atoms with Crippen molar-refractivity contribution >= 4 is 39.0 Å². The van der Waals surface area contributed by atoms with E-state index in [1.54, 1.807) is 53.6 Å². The summed E-state index contributed by atoms with van der Waals surface area (Å²) in [4.78, 5) is 21.3. The highest BCUT2D eigenvalue weighted by atomic mass is 35.5. The van der Waals surface area contributed by atoms with Crippen LogP contribution in [0.3, 0.4) is 0 Å². The number of carbonyl (C=O) groups is 1. The van der Waals surface area contributed by atoms with Crippen LogP contribution in [0, 0.1) is 0 Å². The van der Waals surface area contributed by atoms with E-state index in [4.69, 9.17) is 11.6 Å². The summed E-state index contributed by atoms with van der Waals surface area (Å²) in [5.41, 5.74) is 1.03. The molecule has 2 aromatic carbocycles. The van der Waals surface area contributed by atoms with Crippen molar-refractivity contribution in [1.29, 1.82) is 0 Å². The normalized spacial score (nSPS) is 14.3. The number of hydrogen-bond donors (Lipinski definition) is 0. The minimum atomic E-state index is -3.71. The van der Waals surface area contributed by atoms with Gasteiger partial charge in [-0.2, -0.15) is 0 Å². The van der Waals surface area contributed by atoms with Gasteiger partial charge in [0.25, 0.3) is 15.9 Å². The van der Waals surface area contributed by atoms with Gasteiger partial charge in [-0.3, -0.25) is 9.10 Å². The average molecular weight is 471 g/mol. The van der Waals surface area contributed by atoms with Crippen LogP contribution < -0.4 is 9.21 Å². The van der Waals surface area contributed by atoms with Crippen molar-refractivity contribution in [2.75, 3.05) is 42.4 Å². The number of benzene rings is 2. The van der Waals surface area contributed by atoms with Gasteiger partial charge in [-0.05, 0) is 48.5 Å². The fraction of sp³-hybridized carbons (Fsp3) is 0.217. The number of para-hydroxylation sites is 1. The van der Waals surface area contributed by atoms with Crippen LogP contribution in [0.2, 0.25) is 5.02 Å². The second-order valence-corrected chi connectivity index (χ2v) is 9.85. The van der Waals surface area contributed by atoms with E-state index in [1.165, 1.54) is 23.5 Å². The van der Waals surface area contributed by atoms with Crippen molar-refractivity contribution in [2.45, 2.75) is 4.90 Å². The molecule has 1 aromatic heterocycles. The lowest BCUT2D eigenvalue weighted by Gasteiger charge is -2.35. The monoisotopic (exact) mass is 470 g/mol. The first-order valence-electron chi connectivity index (χ1n) is 10.2. The molecule has 0 N–H and O–H groups in total. The first kappa shape index (κ1) is 22.1. The van der Waals surface area contributed by atoms with E-state index in [1.807, 2.05) is 12.1 Å². The molecule has 32 heavy (non-hydrogen) atoms. The summed E-state index contributed by atoms with van der Waals surface area (Å²) >= 11 is 5.90. The Labute approximate surface area is 192 Å². The molecule has 3 aromatic rings. The van der Waals surface area contributed by atoms with E-state index in [-0.39, 0.29) is 10.8 Å². The quantitative estimate of drug-likeness (QED) is 0.570. The molecule has 0 unspecified atom stereocenters. The number of anilines is 2. The molecular weight excluding hydrogens is 448 g/mol. The number of rotatable bonds is 5. The Hall–Kier alpha value is -3.10. The third-order valence-electron chi connectivity index (χ3n) is 5.48. The van der Waals surface area contributed by atoms with Gasteiger partial charge in [0.1, 0.15) is 5.82 Å². The third kappa shape index (κ3) is 4.56. The van der Waals surface area contributed by atoms with Crippen LogP contribution in [0.15, 0.2) is 77.8 Å². The zero-order chi connectivity index (χ0) is 22.7. The predicted octanol–water partition coefficient (Wildman–Crippen LogP) is 3.52. The molecule has 0 spiro atoms. The number of amides is 1. The van der Waals surface area contributed by atoms with Gasteiger partial charge in [-0.1, -0.05) is 29.8 Å². The van der Waals surface area contributed by atoms with Crippen molar-refractivity contribution in [1.82, 2.24) is 9.88 Å². The highest BCUT2D eigenvalue weighted by Gasteiger charge is 2.25. The summed E-state index contributed by atoms with van der Waals surface area (Å²) < 4.78 is 27.1. The van der Waals surface area contributed by atoms with Gasteiger partial charge in [0, 0.05) is 45.0 Å². The number of hydrogen-bond acceptors (Lipinski definition) is 5. The second-order valence-electron chi connectivity index (χ2n) is 7.45. The van der Waals surface area contributed by atoms with Crippen molar-refractivity contribution < 1.29 is 13.2 Å². The number of sulfonamides is 1. The fourth-order valence-corrected chi connectivity index (χ4v) is 4.89. The van der Waals surface area contributed by atoms with Crippen LogP contribution in [0.4, 0.5) is 11.5 Å². The maximum atomic E-state index is 12.9. The number of aromatic nitrogens is 1. The summed E-state index contributed by atoms with van der Waals surface area (Å²) in [6.07, 6.45) is 1.61. The van der Waals surface area contributed by atoms with Gasteiger partial charge >= 0.3 is 0 Å². The molecule has 0 bridgehead atoms. The van der Waals surface area contributed by atoms with Gasteiger partial charge in [0.15, 0.2) is 0 Å². The molecule has 0 atom stereocenters. The van der Waals surface area contributed by atoms with E-state index in [9.17, 15) is 13.2 Å². The first-order chi connectivity index (χ1) is 15.4. The Balaban J connectivity index is 1.42. The standard InChI is InChI=1S/C23H23ClN4O3S/c1-26(20-5-3-2-4-6-20)32(30,31)21-10-7-18(8-11-21)23(29)28-15-13-27(14-16-28)22-12-9-19(24)17-25-22/h2-12,17H,13-16H2,1H3. The molecule has 2 heterocycles. The molecule has 166 valence electrons. The molecule has 4 rings (SSSR count). The lowest BCUT2D eigenvalue weighted by Crippen LogP contribution is -2.49. The number of halogens is 1. The summed E-state index contributed by atoms with van der Waals surface area (Å²) in [7, 11) is -2.20. The molecule has 1 aliphatic heterocycles. The molecule has 1 aliphatic rings. The molecule has 1 saturated heterocycles. The first-order valence-corrected chi connectivity index (χ1v) is 12.0. The SMILES string of the molecule is CN(c1ccccc1)S(=O)(=O)c1ccc(C(=O)N2CCN(c3ccc(Cl)cn3)CC2)cc1. The summed E-state index contributed by atoms with van der Waals surface area (Å²) in [6, 6.07) is 18.6. The van der Waals surface area contributed by atoms with Crippen molar-refractivity contribution in [3.8, 4) is 0 Å². The van der Waals surface area contributed by atoms with Gasteiger partial charge in [-0.25, -0.2) is 13.4 Å². The lowest BCUT2D eigenvalue weighted by molar-refractivity contribution is 0.0746. The van der Waals surface area contributed by atoms with Gasteiger partial charge in [0.2, 0.25) is 0 Å². The number of carbonyl (C=O) groups excluding carboxylic acids is 1. The Morgan fingerprint density at radius 1 is 0.938 bits per heavy atom. The number of pyridine rings is 1. The van der Waals surface area contributed by atoms with Crippen LogP contribution >= 0.6 is 11.6 Å². The van der Waals surface area contributed by atoms with Gasteiger partial charge < -0.3 is 9.80 Å². The fourth-order valence-electron chi connectivity index (χ4n) is 3.58. The molecule has 1 fully saturated rings. The molecule has 7 nitrogen and oxygen atoms in total. The number of nitrogens with zero attached hydrogens (tertiary/aromatic N) is 4. The molecule has 0 aliphatic carbocycles. The molecule has 0 radical (unpaired) electrons. The summed E-state index contributed by atoms with van der Waals surface area (Å²) in [6.45, 7) is 2.43. The van der Waals surface area contributed by atoms with Crippen LogP contribution in [0.1, 0.15) is 10.4 Å². The van der Waals surface area contributed by atoms with Crippen LogP contribution in [-0.2, 0) is 10.0 Å². The highest BCUT2D eigenvalue weighted by Crippen LogP contribution is 2.23. The van der Waals surface area contributed by atoms with E-state index >= 15 is 0 Å². The second kappa shape index (κ2) is 9.18. The minimum Gasteiger partial charge on any atom is -0.353 e. The molecule has 0 saturated carbocycles. The third-order valence-corrected chi connectivity index (χ3v) is 7.51. The Morgan fingerprint density at radius 2 is 1.59 bits per heavy atom. The van der Waals surface area contributed by atoms with Crippen LogP contribution in [0.25, 0.3) is 0 Å². The molecule has 9 heteroatoms. The zero-order valence-corrected chi connectivity index (χ0v) is 19.1. The highest BCUT2D eigenvalue weighted by molar-refractivity contribution is 7.92. The smallest absolute Gasteiger partial charge is 0.264 e. The van der Waals surface area contributed by atoms with Crippen LogP contribution in [0.5, 0.6) is 0 Å². The predicted molar refractivity (Wildman–Crippen MR) is 126 cm³/mol. The Kier molecular flexibility index (Phi) is 6.34. The maximum Gasteiger partial charge on any atom is 0.264 e. The van der Waals surface area contributed by atoms with Crippen molar-refractivity contribution in [3.63, 3.8) is 0 Å². The van der Waals surface area contributed by atoms with Gasteiger partial charge in [-0.15, -0.1) is 0 Å². The van der Waals surface area contributed by atoms with Crippen molar-refractivity contribution in [3.05, 3.63) is 83.5 Å². The largest absolute Gasteiger partial charge is 0.353 e. The van der Waals surface area contributed by atoms with E-state index in [0.29, 0.717) is 42.5 Å². The summed E-state index contributed by atoms with van der Waals surface area (Å²) in [5, 5.41) is 0.586. The Bertz CT molecular complexity index is 1180. The Morgan fingerprint density at radius 3 is 2.19 bits per heavy atom. The summed E-state index contributed by atoms with van der Waals surface area (Å²) in [5.74, 6) is 0.715. The topological polar surface area (TPSA) is 73.8 Å². The van der Waals surface area contributed by atoms with E-state index < -0.39 is 10.0 Å². The van der Waals surface area contributed by atoms with E-state index in [0.717, 1.165) is 5.82 Å².